The highest BCUT2D eigenvalue weighted by Gasteiger charge is 2.42. The Hall–Kier alpha value is -1.07. The van der Waals surface area contributed by atoms with Crippen molar-refractivity contribution in [3.05, 3.63) is 11.2 Å². The normalized spacial score (nSPS) is 24.1. The summed E-state index contributed by atoms with van der Waals surface area (Å²) in [5.74, 6) is -1.37. The first kappa shape index (κ1) is 15.3. The van der Waals surface area contributed by atoms with Gasteiger partial charge in [-0.05, 0) is 0 Å². The number of carboxylic acids is 1. The van der Waals surface area contributed by atoms with Gasteiger partial charge >= 0.3 is 5.97 Å². The fraction of sp³-hybridized carbons (Fsp3) is 0.600. The molecule has 1 aliphatic rings. The number of thiazole rings is 1. The van der Waals surface area contributed by atoms with Gasteiger partial charge in [0.2, 0.25) is 0 Å². The molecule has 1 fully saturated rings. The lowest BCUT2D eigenvalue weighted by molar-refractivity contribution is -0.00461. The van der Waals surface area contributed by atoms with E-state index in [-0.39, 0.29) is 29.5 Å². The van der Waals surface area contributed by atoms with Crippen LogP contribution in [0.15, 0.2) is 9.72 Å². The molecule has 1 aromatic heterocycles. The van der Waals surface area contributed by atoms with Crippen molar-refractivity contribution < 1.29 is 27.8 Å². The van der Waals surface area contributed by atoms with E-state index in [1.54, 1.807) is 0 Å². The zero-order chi connectivity index (χ0) is 14.9. The highest BCUT2D eigenvalue weighted by molar-refractivity contribution is 7.91. The zero-order valence-electron chi connectivity index (χ0n) is 10.8. The predicted octanol–water partition coefficient (Wildman–Crippen LogP) is -0.124. The summed E-state index contributed by atoms with van der Waals surface area (Å²) in [6, 6.07) is 0. The van der Waals surface area contributed by atoms with Gasteiger partial charge in [0.25, 0.3) is 10.0 Å². The van der Waals surface area contributed by atoms with E-state index in [2.05, 4.69) is 4.98 Å². The van der Waals surface area contributed by atoms with E-state index < -0.39 is 21.7 Å². The maximum atomic E-state index is 12.5. The maximum Gasteiger partial charge on any atom is 0.356 e. The minimum Gasteiger partial charge on any atom is -0.476 e. The first-order valence-electron chi connectivity index (χ1n) is 5.64. The quantitative estimate of drug-likeness (QED) is 0.805. The fourth-order valence-corrected chi connectivity index (χ4v) is 4.78. The summed E-state index contributed by atoms with van der Waals surface area (Å²) in [6.45, 7) is 0.239. The number of methoxy groups -OCH3 is 2. The molecule has 0 saturated carbocycles. The molecule has 0 spiro atoms. The number of aromatic nitrogens is 1. The molecule has 0 bridgehead atoms. The molecule has 1 N–H and O–H groups in total. The molecule has 0 radical (unpaired) electrons. The van der Waals surface area contributed by atoms with Crippen LogP contribution in [0.25, 0.3) is 0 Å². The van der Waals surface area contributed by atoms with Gasteiger partial charge in [-0.3, -0.25) is 0 Å². The first-order chi connectivity index (χ1) is 9.41. The summed E-state index contributed by atoms with van der Waals surface area (Å²) in [6.07, 6.45) is -0.757. The van der Waals surface area contributed by atoms with Crippen LogP contribution < -0.4 is 0 Å². The molecule has 2 heterocycles. The number of sulfonamides is 1. The van der Waals surface area contributed by atoms with Gasteiger partial charge in [0.1, 0.15) is 0 Å². The number of hydrogen-bond acceptors (Lipinski definition) is 7. The van der Waals surface area contributed by atoms with Crippen molar-refractivity contribution in [3.63, 3.8) is 0 Å². The van der Waals surface area contributed by atoms with E-state index in [4.69, 9.17) is 14.6 Å². The topological polar surface area (TPSA) is 106 Å². The Bertz CT molecular complexity index is 587. The van der Waals surface area contributed by atoms with Gasteiger partial charge in [0.05, 0.1) is 17.7 Å². The number of ether oxygens (including phenoxy) is 2. The van der Waals surface area contributed by atoms with Crippen molar-refractivity contribution in [2.24, 2.45) is 0 Å². The molecule has 0 aromatic carbocycles. The van der Waals surface area contributed by atoms with Crippen LogP contribution in [0, 0.1) is 0 Å². The average molecular weight is 322 g/mol. The molecule has 0 aliphatic carbocycles. The number of hydrogen-bond donors (Lipinski definition) is 1. The van der Waals surface area contributed by atoms with Crippen molar-refractivity contribution in [2.75, 3.05) is 27.3 Å². The molecule has 20 heavy (non-hydrogen) atoms. The van der Waals surface area contributed by atoms with Crippen LogP contribution >= 0.6 is 11.3 Å². The Morgan fingerprint density at radius 3 is 2.40 bits per heavy atom. The molecule has 1 aliphatic heterocycles. The van der Waals surface area contributed by atoms with E-state index in [9.17, 15) is 13.2 Å². The second kappa shape index (κ2) is 5.74. The Morgan fingerprint density at radius 2 is 1.95 bits per heavy atom. The lowest BCUT2D eigenvalue weighted by atomic mass is 10.3. The maximum absolute atomic E-state index is 12.5. The van der Waals surface area contributed by atoms with Gasteiger partial charge in [0.15, 0.2) is 9.90 Å². The molecule has 2 rings (SSSR count). The SMILES string of the molecule is COC1CN(S(=O)(=O)c2scnc2C(=O)O)CC1OC. The van der Waals surface area contributed by atoms with Crippen LogP contribution in [-0.2, 0) is 19.5 Å². The molecular weight excluding hydrogens is 308 g/mol. The third-order valence-electron chi connectivity index (χ3n) is 3.10. The highest BCUT2D eigenvalue weighted by Crippen LogP contribution is 2.28. The van der Waals surface area contributed by atoms with Crippen LogP contribution in [-0.4, -0.2) is 68.3 Å². The third-order valence-corrected chi connectivity index (χ3v) is 6.28. The molecular formula is C10H14N2O6S2. The molecule has 0 amide bonds. The predicted molar refractivity (Wildman–Crippen MR) is 69.4 cm³/mol. The summed E-state index contributed by atoms with van der Waals surface area (Å²) in [5.41, 5.74) is 0.749. The van der Waals surface area contributed by atoms with Crippen molar-refractivity contribution >= 4 is 27.3 Å². The van der Waals surface area contributed by atoms with Crippen LogP contribution in [0.1, 0.15) is 10.5 Å². The standard InChI is InChI=1S/C10H14N2O6S2/c1-17-6-3-12(4-7(6)18-2)20(15,16)10-8(9(13)14)11-5-19-10/h5-7H,3-4H2,1-2H3,(H,13,14). The largest absolute Gasteiger partial charge is 0.476 e. The monoisotopic (exact) mass is 322 g/mol. The Morgan fingerprint density at radius 1 is 1.40 bits per heavy atom. The molecule has 2 unspecified atom stereocenters. The Kier molecular flexibility index (Phi) is 4.39. The van der Waals surface area contributed by atoms with Gasteiger partial charge < -0.3 is 14.6 Å². The number of rotatable bonds is 5. The molecule has 8 nitrogen and oxygen atoms in total. The smallest absolute Gasteiger partial charge is 0.356 e. The number of aromatic carboxylic acids is 1. The first-order valence-corrected chi connectivity index (χ1v) is 7.96. The van der Waals surface area contributed by atoms with Crippen molar-refractivity contribution in [1.82, 2.24) is 9.29 Å². The van der Waals surface area contributed by atoms with E-state index in [1.165, 1.54) is 19.7 Å². The Balaban J connectivity index is 2.32. The lowest BCUT2D eigenvalue weighted by Gasteiger charge is -2.14. The Labute approximate surface area is 120 Å². The second-order valence-electron chi connectivity index (χ2n) is 4.16. The van der Waals surface area contributed by atoms with Crippen LogP contribution in [0.2, 0.25) is 0 Å². The fourth-order valence-electron chi connectivity index (χ4n) is 2.04. The van der Waals surface area contributed by atoms with Crippen molar-refractivity contribution in [1.29, 1.82) is 0 Å². The van der Waals surface area contributed by atoms with E-state index in [0.29, 0.717) is 0 Å². The molecule has 1 saturated heterocycles. The summed E-state index contributed by atoms with van der Waals surface area (Å²) < 4.78 is 36.2. The summed E-state index contributed by atoms with van der Waals surface area (Å²) in [4.78, 5) is 14.6. The minimum atomic E-state index is -3.91. The summed E-state index contributed by atoms with van der Waals surface area (Å²) in [5, 5.41) is 8.97. The zero-order valence-corrected chi connectivity index (χ0v) is 12.5. The van der Waals surface area contributed by atoms with Crippen LogP contribution in [0.3, 0.4) is 0 Å². The van der Waals surface area contributed by atoms with Gasteiger partial charge in [0, 0.05) is 27.3 Å². The molecule has 112 valence electrons. The average Bonchev–Trinajstić information content (AvgIpc) is 3.05. The van der Waals surface area contributed by atoms with Crippen molar-refractivity contribution in [3.8, 4) is 0 Å². The molecule has 2 atom stereocenters. The van der Waals surface area contributed by atoms with E-state index in [1.807, 2.05) is 0 Å². The van der Waals surface area contributed by atoms with Crippen molar-refractivity contribution in [2.45, 2.75) is 16.4 Å². The van der Waals surface area contributed by atoms with Gasteiger partial charge in [-0.25, -0.2) is 18.2 Å². The summed E-state index contributed by atoms with van der Waals surface area (Å²) >= 11 is 0.786. The number of nitrogens with zero attached hydrogens (tertiary/aromatic N) is 2. The van der Waals surface area contributed by atoms with Crippen LogP contribution in [0.5, 0.6) is 0 Å². The van der Waals surface area contributed by atoms with Gasteiger partial charge in [-0.2, -0.15) is 4.31 Å². The molecule has 1 aromatic rings. The van der Waals surface area contributed by atoms with Gasteiger partial charge in [-0.1, -0.05) is 0 Å². The number of carboxylic acid groups (broad SMARTS) is 1. The third kappa shape index (κ3) is 2.56. The summed E-state index contributed by atoms with van der Waals surface area (Å²) in [7, 11) is -0.960. The second-order valence-corrected chi connectivity index (χ2v) is 7.15. The van der Waals surface area contributed by atoms with Crippen LogP contribution in [0.4, 0.5) is 0 Å². The van der Waals surface area contributed by atoms with E-state index >= 15 is 0 Å². The van der Waals surface area contributed by atoms with E-state index in [0.717, 1.165) is 15.6 Å². The lowest BCUT2D eigenvalue weighted by Crippen LogP contribution is -2.30. The van der Waals surface area contributed by atoms with Gasteiger partial charge in [-0.15, -0.1) is 11.3 Å². The number of carbonyl (C=O) groups is 1. The molecule has 10 heteroatoms. The minimum absolute atomic E-state index is 0.119. The highest BCUT2D eigenvalue weighted by atomic mass is 32.2.